The van der Waals surface area contributed by atoms with E-state index in [-0.39, 0.29) is 25.1 Å². The molecule has 0 bridgehead atoms. The van der Waals surface area contributed by atoms with Gasteiger partial charge in [-0.3, -0.25) is 19.6 Å². The summed E-state index contributed by atoms with van der Waals surface area (Å²) >= 11 is 2.87. The second-order valence-electron chi connectivity index (χ2n) is 10.2. The number of pyridine rings is 1. The van der Waals surface area contributed by atoms with Gasteiger partial charge in [0.2, 0.25) is 5.91 Å². The first-order valence-electron chi connectivity index (χ1n) is 13.9. The molecular formula is C29H33F3N6O3S2. The molecule has 0 saturated carbocycles. The Labute approximate surface area is 255 Å². The van der Waals surface area contributed by atoms with Crippen LogP contribution in [0, 0.1) is 0 Å². The fourth-order valence-electron chi connectivity index (χ4n) is 4.86. The highest BCUT2D eigenvalue weighted by atomic mass is 32.1. The first-order chi connectivity index (χ1) is 20.7. The van der Waals surface area contributed by atoms with Crippen molar-refractivity contribution in [2.75, 3.05) is 57.9 Å². The van der Waals surface area contributed by atoms with Crippen molar-refractivity contribution >= 4 is 43.9 Å². The van der Waals surface area contributed by atoms with Gasteiger partial charge in [0.25, 0.3) is 0 Å². The quantitative estimate of drug-likeness (QED) is 0.236. The highest BCUT2D eigenvalue weighted by molar-refractivity contribution is 7.26. The molecule has 9 nitrogen and oxygen atoms in total. The molecule has 5 rings (SSSR count). The van der Waals surface area contributed by atoms with Crippen LogP contribution in [0.3, 0.4) is 0 Å². The highest BCUT2D eigenvalue weighted by Crippen LogP contribution is 2.39. The lowest BCUT2D eigenvalue weighted by molar-refractivity contribution is -0.137. The van der Waals surface area contributed by atoms with E-state index in [4.69, 9.17) is 19.4 Å². The van der Waals surface area contributed by atoms with Crippen molar-refractivity contribution in [2.24, 2.45) is 0 Å². The minimum atomic E-state index is -4.40. The first-order valence-corrected chi connectivity index (χ1v) is 15.5. The summed E-state index contributed by atoms with van der Waals surface area (Å²) in [6, 6.07) is 6.80. The van der Waals surface area contributed by atoms with Gasteiger partial charge in [-0.1, -0.05) is 23.5 Å². The molecule has 230 valence electrons. The Kier molecular flexibility index (Phi) is 10.4. The second kappa shape index (κ2) is 14.2. The average molecular weight is 635 g/mol. The van der Waals surface area contributed by atoms with Crippen LogP contribution in [-0.4, -0.2) is 84.8 Å². The zero-order valence-corrected chi connectivity index (χ0v) is 25.5. The standard InChI is InChI=1S/C29H33F3N6O3S2/c1-19(39)38(28-36-24(18-40-2)26(43-28)27-35-23-7-8-33-16-25(23)42-27)17-22(34-9-10-37-11-13-41-14-12-37)15-20-3-5-21(6-4-20)29(30,31)32/h3-8,16,22,34H,9-15,17-18H2,1-2H3. The normalized spacial score (nSPS) is 15.2. The summed E-state index contributed by atoms with van der Waals surface area (Å²) in [7, 11) is 1.59. The zero-order valence-electron chi connectivity index (χ0n) is 23.9. The molecule has 3 aromatic heterocycles. The Balaban J connectivity index is 1.39. The molecule has 1 amide bonds. The Bertz CT molecular complexity index is 1470. The Morgan fingerprint density at radius 2 is 1.93 bits per heavy atom. The molecule has 1 unspecified atom stereocenters. The van der Waals surface area contributed by atoms with Crippen molar-refractivity contribution in [3.8, 4) is 9.88 Å². The van der Waals surface area contributed by atoms with Gasteiger partial charge in [0, 0.05) is 65.2 Å². The predicted molar refractivity (Wildman–Crippen MR) is 161 cm³/mol. The third-order valence-electron chi connectivity index (χ3n) is 7.09. The number of carbonyl (C=O) groups excluding carboxylic acids is 1. The number of nitrogens with one attached hydrogen (secondary N) is 1. The molecule has 1 aliphatic heterocycles. The molecule has 0 radical (unpaired) electrons. The number of alkyl halides is 3. The number of ether oxygens (including phenoxy) is 2. The number of rotatable bonds is 12. The van der Waals surface area contributed by atoms with Gasteiger partial charge in [-0.15, -0.1) is 11.3 Å². The fraction of sp³-hybridized carbons (Fsp3) is 0.448. The summed E-state index contributed by atoms with van der Waals surface area (Å²) in [6.07, 6.45) is -0.508. The van der Waals surface area contributed by atoms with Gasteiger partial charge in [-0.05, 0) is 30.2 Å². The predicted octanol–water partition coefficient (Wildman–Crippen LogP) is 4.87. The second-order valence-corrected chi connectivity index (χ2v) is 12.2. The molecule has 1 fully saturated rings. The van der Waals surface area contributed by atoms with Crippen LogP contribution in [0.25, 0.3) is 20.1 Å². The van der Waals surface area contributed by atoms with Crippen LogP contribution in [0.1, 0.15) is 23.7 Å². The molecule has 1 aromatic carbocycles. The number of halogens is 3. The zero-order chi connectivity index (χ0) is 30.4. The summed E-state index contributed by atoms with van der Waals surface area (Å²) in [5, 5.41) is 4.83. The Morgan fingerprint density at radius 3 is 2.60 bits per heavy atom. The molecule has 4 aromatic rings. The lowest BCUT2D eigenvalue weighted by Crippen LogP contribution is -2.47. The monoisotopic (exact) mass is 634 g/mol. The molecule has 43 heavy (non-hydrogen) atoms. The Morgan fingerprint density at radius 1 is 1.16 bits per heavy atom. The summed E-state index contributed by atoms with van der Waals surface area (Å²) < 4.78 is 51.3. The number of hydrogen-bond acceptors (Lipinski definition) is 10. The van der Waals surface area contributed by atoms with Crippen LogP contribution in [0.15, 0.2) is 42.7 Å². The van der Waals surface area contributed by atoms with Crippen LogP contribution in [0.2, 0.25) is 0 Å². The van der Waals surface area contributed by atoms with Gasteiger partial charge < -0.3 is 14.8 Å². The highest BCUT2D eigenvalue weighted by Gasteiger charge is 2.30. The number of methoxy groups -OCH3 is 1. The lowest BCUT2D eigenvalue weighted by Gasteiger charge is -2.29. The van der Waals surface area contributed by atoms with Crippen molar-refractivity contribution < 1.29 is 27.4 Å². The van der Waals surface area contributed by atoms with Crippen molar-refractivity contribution in [1.29, 1.82) is 0 Å². The molecule has 1 atom stereocenters. The van der Waals surface area contributed by atoms with E-state index in [1.54, 1.807) is 24.4 Å². The van der Waals surface area contributed by atoms with E-state index in [0.717, 1.165) is 57.4 Å². The largest absolute Gasteiger partial charge is 0.416 e. The molecule has 0 aliphatic carbocycles. The van der Waals surface area contributed by atoms with Gasteiger partial charge in [-0.25, -0.2) is 9.97 Å². The van der Waals surface area contributed by atoms with Crippen LogP contribution < -0.4 is 10.2 Å². The number of nitrogens with zero attached hydrogens (tertiary/aromatic N) is 5. The topological polar surface area (TPSA) is 92.7 Å². The molecule has 0 spiro atoms. The number of fused-ring (bicyclic) bond motifs is 1. The van der Waals surface area contributed by atoms with E-state index in [9.17, 15) is 18.0 Å². The summed E-state index contributed by atoms with van der Waals surface area (Å²) in [5.41, 5.74) is 1.56. The van der Waals surface area contributed by atoms with E-state index in [2.05, 4.69) is 15.2 Å². The number of hydrogen-bond donors (Lipinski definition) is 1. The van der Waals surface area contributed by atoms with Gasteiger partial charge >= 0.3 is 6.18 Å². The minimum absolute atomic E-state index is 0.190. The minimum Gasteiger partial charge on any atom is -0.379 e. The summed E-state index contributed by atoms with van der Waals surface area (Å²) in [6.45, 7) is 6.52. The number of morpholine rings is 1. The van der Waals surface area contributed by atoms with Gasteiger partial charge in [-0.2, -0.15) is 13.2 Å². The van der Waals surface area contributed by atoms with Gasteiger partial charge in [0.05, 0.1) is 46.2 Å². The molecule has 1 aliphatic rings. The summed E-state index contributed by atoms with van der Waals surface area (Å²) in [4.78, 5) is 31.5. The van der Waals surface area contributed by atoms with Crippen LogP contribution >= 0.6 is 22.7 Å². The maximum absolute atomic E-state index is 13.2. The molecule has 1 saturated heterocycles. The van der Waals surface area contributed by atoms with E-state index in [1.165, 1.54) is 41.7 Å². The first kappa shape index (κ1) is 31.4. The average Bonchev–Trinajstić information content (AvgIpc) is 3.60. The van der Waals surface area contributed by atoms with Gasteiger partial charge in [0.15, 0.2) is 5.13 Å². The fourth-order valence-corrected chi connectivity index (χ4v) is 7.01. The maximum atomic E-state index is 13.2. The molecular weight excluding hydrogens is 601 g/mol. The van der Waals surface area contributed by atoms with E-state index in [0.29, 0.717) is 37.0 Å². The summed E-state index contributed by atoms with van der Waals surface area (Å²) in [5.74, 6) is -0.190. The molecule has 4 heterocycles. The smallest absolute Gasteiger partial charge is 0.379 e. The third kappa shape index (κ3) is 8.13. The van der Waals surface area contributed by atoms with Crippen molar-refractivity contribution in [3.63, 3.8) is 0 Å². The number of aromatic nitrogens is 3. The van der Waals surface area contributed by atoms with Crippen molar-refractivity contribution in [2.45, 2.75) is 32.2 Å². The number of thiazole rings is 2. The number of carbonyl (C=O) groups is 1. The van der Waals surface area contributed by atoms with E-state index >= 15 is 0 Å². The Hall–Kier alpha value is -3.01. The van der Waals surface area contributed by atoms with E-state index in [1.807, 2.05) is 6.07 Å². The van der Waals surface area contributed by atoms with Crippen LogP contribution in [0.5, 0.6) is 0 Å². The van der Waals surface area contributed by atoms with Crippen LogP contribution in [0.4, 0.5) is 18.3 Å². The van der Waals surface area contributed by atoms with Crippen molar-refractivity contribution in [3.05, 3.63) is 59.5 Å². The number of benzene rings is 1. The number of anilines is 1. The third-order valence-corrected chi connectivity index (χ3v) is 9.37. The SMILES string of the molecule is COCc1nc(N(CC(Cc2ccc(C(F)(F)F)cc2)NCCN2CCOCC2)C(C)=O)sc1-c1nc2ccncc2s1. The lowest BCUT2D eigenvalue weighted by atomic mass is 10.0. The molecule has 1 N–H and O–H groups in total. The van der Waals surface area contributed by atoms with E-state index < -0.39 is 11.7 Å². The van der Waals surface area contributed by atoms with Gasteiger partial charge in [0.1, 0.15) is 5.01 Å². The maximum Gasteiger partial charge on any atom is 0.416 e. The van der Waals surface area contributed by atoms with Crippen molar-refractivity contribution in [1.82, 2.24) is 25.2 Å². The number of amides is 1. The molecule has 14 heteroatoms. The van der Waals surface area contributed by atoms with Crippen LogP contribution in [-0.2, 0) is 33.5 Å².